The molecule has 1 atom stereocenters. The zero-order chi connectivity index (χ0) is 20.3. The Bertz CT molecular complexity index is 864. The van der Waals surface area contributed by atoms with Crippen LogP contribution in [0.25, 0.3) is 10.1 Å². The lowest BCUT2D eigenvalue weighted by molar-refractivity contribution is 0.314. The third kappa shape index (κ3) is 6.72. The second kappa shape index (κ2) is 11.8. The predicted octanol–water partition coefficient (Wildman–Crippen LogP) is 6.24. The van der Waals surface area contributed by atoms with Gasteiger partial charge in [-0.1, -0.05) is 51.0 Å². The molecule has 3 aromatic rings. The molecule has 0 radical (unpaired) electrons. The molecule has 4 nitrogen and oxygen atoms in total. The minimum Gasteiger partial charge on any atom is -0.494 e. The van der Waals surface area contributed by atoms with Crippen LogP contribution >= 0.6 is 11.5 Å². The van der Waals surface area contributed by atoms with E-state index in [0.717, 1.165) is 31.1 Å². The number of rotatable bonds is 13. The quantitative estimate of drug-likeness (QED) is 0.327. The predicted molar refractivity (Wildman–Crippen MR) is 125 cm³/mol. The molecule has 2 N–H and O–H groups in total. The molecule has 0 saturated heterocycles. The molecule has 1 aromatic heterocycles. The van der Waals surface area contributed by atoms with E-state index >= 15 is 0 Å². The van der Waals surface area contributed by atoms with Crippen LogP contribution in [0.4, 0.5) is 5.82 Å². The Morgan fingerprint density at radius 1 is 1.07 bits per heavy atom. The van der Waals surface area contributed by atoms with Gasteiger partial charge in [-0.15, -0.1) is 0 Å². The van der Waals surface area contributed by atoms with E-state index in [0.29, 0.717) is 12.6 Å². The third-order valence-electron chi connectivity index (χ3n) is 5.15. The molecule has 0 aliphatic carbocycles. The van der Waals surface area contributed by atoms with Gasteiger partial charge in [0.15, 0.2) is 0 Å². The molecule has 0 spiro atoms. The average Bonchev–Trinajstić information content (AvgIpc) is 3.17. The first-order chi connectivity index (χ1) is 14.3. The molecule has 0 fully saturated rings. The molecule has 2 aromatic carbocycles. The van der Waals surface area contributed by atoms with Gasteiger partial charge >= 0.3 is 0 Å². The van der Waals surface area contributed by atoms with Gasteiger partial charge in [-0.2, -0.15) is 4.37 Å². The van der Waals surface area contributed by atoms with E-state index in [-0.39, 0.29) is 0 Å². The summed E-state index contributed by atoms with van der Waals surface area (Å²) < 4.78 is 11.7. The first kappa shape index (κ1) is 21.6. The van der Waals surface area contributed by atoms with E-state index in [2.05, 4.69) is 71.3 Å². The van der Waals surface area contributed by atoms with Gasteiger partial charge in [-0.3, -0.25) is 0 Å². The molecule has 3 rings (SSSR count). The van der Waals surface area contributed by atoms with Gasteiger partial charge in [-0.05, 0) is 60.6 Å². The van der Waals surface area contributed by atoms with Crippen molar-refractivity contribution >= 4 is 27.4 Å². The number of aromatic nitrogens is 1. The van der Waals surface area contributed by atoms with E-state index < -0.39 is 0 Å². The molecule has 156 valence electrons. The Kier molecular flexibility index (Phi) is 8.78. The number of benzene rings is 2. The monoisotopic (exact) mass is 411 g/mol. The summed E-state index contributed by atoms with van der Waals surface area (Å²) >= 11 is 1.54. The Labute approximate surface area is 178 Å². The Morgan fingerprint density at radius 3 is 2.83 bits per heavy atom. The van der Waals surface area contributed by atoms with Crippen LogP contribution in [0.2, 0.25) is 0 Å². The summed E-state index contributed by atoms with van der Waals surface area (Å²) in [5.74, 6) is 1.93. The van der Waals surface area contributed by atoms with Crippen LogP contribution < -0.4 is 15.4 Å². The minimum absolute atomic E-state index is 0.604. The van der Waals surface area contributed by atoms with Crippen molar-refractivity contribution in [3.63, 3.8) is 0 Å². The number of hydrogen-bond acceptors (Lipinski definition) is 5. The highest BCUT2D eigenvalue weighted by molar-refractivity contribution is 7.13. The molecular formula is C24H33N3OS. The maximum atomic E-state index is 5.97. The Morgan fingerprint density at radius 2 is 1.97 bits per heavy atom. The summed E-state index contributed by atoms with van der Waals surface area (Å²) in [6.07, 6.45) is 5.92. The largest absolute Gasteiger partial charge is 0.494 e. The summed E-state index contributed by atoms with van der Waals surface area (Å²) in [6.45, 7) is 6.96. The van der Waals surface area contributed by atoms with E-state index in [1.807, 2.05) is 6.07 Å². The van der Waals surface area contributed by atoms with Crippen molar-refractivity contribution in [2.75, 3.05) is 18.5 Å². The number of nitrogens with zero attached hydrogens (tertiary/aromatic N) is 1. The molecule has 1 unspecified atom stereocenters. The van der Waals surface area contributed by atoms with E-state index in [1.54, 1.807) is 0 Å². The van der Waals surface area contributed by atoms with E-state index in [1.165, 1.54) is 52.9 Å². The van der Waals surface area contributed by atoms with Crippen molar-refractivity contribution in [2.45, 2.75) is 58.5 Å². The number of unbranched alkanes of at least 4 members (excludes halogenated alkanes) is 1. The SMILES string of the molecule is CCCCC(CC)NCc1cccc(OCCCNc2nsc3ccccc23)c1. The summed E-state index contributed by atoms with van der Waals surface area (Å²) in [6, 6.07) is 17.4. The number of nitrogens with one attached hydrogen (secondary N) is 2. The van der Waals surface area contributed by atoms with Crippen LogP contribution in [0, 0.1) is 0 Å². The lowest BCUT2D eigenvalue weighted by atomic mass is 10.1. The zero-order valence-corrected chi connectivity index (χ0v) is 18.4. The second-order valence-electron chi connectivity index (χ2n) is 7.43. The van der Waals surface area contributed by atoms with Crippen LogP contribution in [-0.4, -0.2) is 23.6 Å². The van der Waals surface area contributed by atoms with Crippen molar-refractivity contribution in [2.24, 2.45) is 0 Å². The van der Waals surface area contributed by atoms with Gasteiger partial charge in [0.25, 0.3) is 0 Å². The molecule has 29 heavy (non-hydrogen) atoms. The first-order valence-electron chi connectivity index (χ1n) is 10.8. The van der Waals surface area contributed by atoms with Crippen molar-refractivity contribution in [1.29, 1.82) is 0 Å². The van der Waals surface area contributed by atoms with Gasteiger partial charge in [0.05, 0.1) is 11.3 Å². The molecular weight excluding hydrogens is 378 g/mol. The van der Waals surface area contributed by atoms with Crippen LogP contribution in [0.5, 0.6) is 5.75 Å². The molecule has 0 bridgehead atoms. The standard InChI is InChI=1S/C24H33N3OS/c1-3-5-11-20(4-2)26-18-19-10-8-12-21(17-19)28-16-9-15-25-24-22-13-6-7-14-23(22)29-27-24/h6-8,10,12-14,17,20,26H,3-5,9,11,15-16,18H2,1-2H3,(H,25,27). The molecule has 0 aliphatic heterocycles. The normalized spacial score (nSPS) is 12.2. The molecule has 5 heteroatoms. The number of anilines is 1. The second-order valence-corrected chi connectivity index (χ2v) is 8.24. The molecule has 0 amide bonds. The third-order valence-corrected chi connectivity index (χ3v) is 5.98. The highest BCUT2D eigenvalue weighted by atomic mass is 32.1. The fraction of sp³-hybridized carbons (Fsp3) is 0.458. The number of fused-ring (bicyclic) bond motifs is 1. The maximum absolute atomic E-state index is 5.97. The van der Waals surface area contributed by atoms with Crippen LogP contribution in [0.15, 0.2) is 48.5 Å². The van der Waals surface area contributed by atoms with Crippen LogP contribution in [0.3, 0.4) is 0 Å². The smallest absolute Gasteiger partial charge is 0.147 e. The van der Waals surface area contributed by atoms with Crippen molar-refractivity contribution in [1.82, 2.24) is 9.69 Å². The van der Waals surface area contributed by atoms with Gasteiger partial charge in [0.1, 0.15) is 11.6 Å². The molecule has 1 heterocycles. The number of ether oxygens (including phenoxy) is 1. The summed E-state index contributed by atoms with van der Waals surface area (Å²) in [7, 11) is 0. The van der Waals surface area contributed by atoms with Gasteiger partial charge in [0.2, 0.25) is 0 Å². The highest BCUT2D eigenvalue weighted by Gasteiger charge is 2.06. The summed E-state index contributed by atoms with van der Waals surface area (Å²) in [5, 5.41) is 8.31. The summed E-state index contributed by atoms with van der Waals surface area (Å²) in [4.78, 5) is 0. The highest BCUT2D eigenvalue weighted by Crippen LogP contribution is 2.26. The van der Waals surface area contributed by atoms with Crippen LogP contribution in [-0.2, 0) is 6.54 Å². The maximum Gasteiger partial charge on any atom is 0.147 e. The Hall–Kier alpha value is -2.11. The van der Waals surface area contributed by atoms with Crippen molar-refractivity contribution in [3.8, 4) is 5.75 Å². The van der Waals surface area contributed by atoms with E-state index in [4.69, 9.17) is 4.74 Å². The lowest BCUT2D eigenvalue weighted by Gasteiger charge is -2.17. The zero-order valence-electron chi connectivity index (χ0n) is 17.6. The molecule has 0 saturated carbocycles. The summed E-state index contributed by atoms with van der Waals surface area (Å²) in [5.41, 5.74) is 1.28. The number of hydrogen-bond donors (Lipinski definition) is 2. The lowest BCUT2D eigenvalue weighted by Crippen LogP contribution is -2.27. The van der Waals surface area contributed by atoms with Crippen LogP contribution in [0.1, 0.15) is 51.5 Å². The van der Waals surface area contributed by atoms with Gasteiger partial charge in [0, 0.05) is 24.5 Å². The molecule has 0 aliphatic rings. The van der Waals surface area contributed by atoms with E-state index in [9.17, 15) is 0 Å². The Balaban J connectivity index is 1.39. The minimum atomic E-state index is 0.604. The van der Waals surface area contributed by atoms with Crippen molar-refractivity contribution < 1.29 is 4.74 Å². The topological polar surface area (TPSA) is 46.2 Å². The average molecular weight is 412 g/mol. The van der Waals surface area contributed by atoms with Gasteiger partial charge in [-0.25, -0.2) is 0 Å². The van der Waals surface area contributed by atoms with Gasteiger partial charge < -0.3 is 15.4 Å². The first-order valence-corrected chi connectivity index (χ1v) is 11.6. The fourth-order valence-corrected chi connectivity index (χ4v) is 4.15. The van der Waals surface area contributed by atoms with Crippen molar-refractivity contribution in [3.05, 3.63) is 54.1 Å². The fourth-order valence-electron chi connectivity index (χ4n) is 3.39.